The largest absolute Gasteiger partial charge is 0.313 e. The van der Waals surface area contributed by atoms with Crippen molar-refractivity contribution in [2.45, 2.75) is 20.0 Å². The fourth-order valence-corrected chi connectivity index (χ4v) is 1.59. The summed E-state index contributed by atoms with van der Waals surface area (Å²) in [6, 6.07) is 0. The van der Waals surface area contributed by atoms with Crippen molar-refractivity contribution in [2.75, 3.05) is 6.54 Å². The Morgan fingerprint density at radius 3 is 2.69 bits per heavy atom. The first kappa shape index (κ1) is 10.9. The van der Waals surface area contributed by atoms with E-state index in [0.29, 0.717) is 0 Å². The predicted molar refractivity (Wildman–Crippen MR) is 61.9 cm³/mol. The van der Waals surface area contributed by atoms with Crippen LogP contribution in [0.1, 0.15) is 18.1 Å². The van der Waals surface area contributed by atoms with Gasteiger partial charge in [0.1, 0.15) is 0 Å². The van der Waals surface area contributed by atoms with Gasteiger partial charge >= 0.3 is 0 Å². The van der Waals surface area contributed by atoms with Crippen LogP contribution in [-0.4, -0.2) is 26.1 Å². The van der Waals surface area contributed by atoms with Gasteiger partial charge in [-0.1, -0.05) is 6.92 Å². The molecule has 86 valence electrons. The summed E-state index contributed by atoms with van der Waals surface area (Å²) in [6.07, 6.45) is 7.84. The minimum Gasteiger partial charge on any atom is -0.313 e. The quantitative estimate of drug-likeness (QED) is 0.808. The highest BCUT2D eigenvalue weighted by molar-refractivity contribution is 5.08. The molecule has 0 aliphatic rings. The number of aryl methyl sites for hydroxylation is 1. The molecule has 0 radical (unpaired) electrons. The predicted octanol–water partition coefficient (Wildman–Crippen LogP) is 0.774. The van der Waals surface area contributed by atoms with Gasteiger partial charge in [0, 0.05) is 37.1 Å². The summed E-state index contributed by atoms with van der Waals surface area (Å²) < 4.78 is 3.74. The lowest BCUT2D eigenvalue weighted by molar-refractivity contribution is 0.681. The third-order valence-electron chi connectivity index (χ3n) is 2.37. The highest BCUT2D eigenvalue weighted by Crippen LogP contribution is 2.02. The Bertz CT molecular complexity index is 443. The molecule has 5 heteroatoms. The zero-order valence-corrected chi connectivity index (χ0v) is 9.72. The fourth-order valence-electron chi connectivity index (χ4n) is 1.59. The number of aromatic nitrogens is 4. The van der Waals surface area contributed by atoms with E-state index in [9.17, 15) is 0 Å². The molecule has 2 aromatic rings. The van der Waals surface area contributed by atoms with Crippen molar-refractivity contribution in [1.29, 1.82) is 0 Å². The second kappa shape index (κ2) is 4.94. The van der Waals surface area contributed by atoms with Crippen LogP contribution in [0.3, 0.4) is 0 Å². The lowest BCUT2D eigenvalue weighted by Gasteiger charge is -1.98. The summed E-state index contributed by atoms with van der Waals surface area (Å²) in [5.41, 5.74) is 2.38. The molecule has 2 aromatic heterocycles. The number of hydrogen-bond acceptors (Lipinski definition) is 3. The van der Waals surface area contributed by atoms with Gasteiger partial charge in [-0.2, -0.15) is 10.2 Å². The molecular weight excluding hydrogens is 202 g/mol. The monoisotopic (exact) mass is 219 g/mol. The Morgan fingerprint density at radius 1 is 1.19 bits per heavy atom. The molecule has 0 spiro atoms. The number of rotatable bonds is 5. The SMILES string of the molecule is CCNCc1cnn(Cc2cnn(C)c2)c1. The first-order valence-corrected chi connectivity index (χ1v) is 5.47. The normalized spacial score (nSPS) is 10.9. The van der Waals surface area contributed by atoms with Crippen LogP contribution >= 0.6 is 0 Å². The van der Waals surface area contributed by atoms with E-state index >= 15 is 0 Å². The molecule has 0 aliphatic heterocycles. The van der Waals surface area contributed by atoms with Gasteiger partial charge in [-0.05, 0) is 6.54 Å². The van der Waals surface area contributed by atoms with Gasteiger partial charge in [0.05, 0.1) is 18.9 Å². The maximum absolute atomic E-state index is 4.31. The molecule has 0 fully saturated rings. The third kappa shape index (κ3) is 2.70. The van der Waals surface area contributed by atoms with Gasteiger partial charge in [-0.15, -0.1) is 0 Å². The van der Waals surface area contributed by atoms with Gasteiger partial charge in [-0.25, -0.2) is 0 Å². The third-order valence-corrected chi connectivity index (χ3v) is 2.37. The van der Waals surface area contributed by atoms with Crippen LogP contribution < -0.4 is 5.32 Å². The fraction of sp³-hybridized carbons (Fsp3) is 0.455. The molecule has 0 unspecified atom stereocenters. The Morgan fingerprint density at radius 2 is 2.00 bits per heavy atom. The maximum Gasteiger partial charge on any atom is 0.0690 e. The van der Waals surface area contributed by atoms with Gasteiger partial charge in [0.25, 0.3) is 0 Å². The molecule has 0 atom stereocenters. The average molecular weight is 219 g/mol. The van der Waals surface area contributed by atoms with Crippen molar-refractivity contribution in [3.05, 3.63) is 35.9 Å². The van der Waals surface area contributed by atoms with E-state index in [0.717, 1.165) is 19.6 Å². The summed E-state index contributed by atoms with van der Waals surface area (Å²) in [5.74, 6) is 0. The van der Waals surface area contributed by atoms with Gasteiger partial charge in [0.15, 0.2) is 0 Å². The summed E-state index contributed by atoms with van der Waals surface area (Å²) in [4.78, 5) is 0. The number of hydrogen-bond donors (Lipinski definition) is 1. The Balaban J connectivity index is 1.97. The molecule has 0 aliphatic carbocycles. The van der Waals surface area contributed by atoms with E-state index in [2.05, 4.69) is 28.6 Å². The van der Waals surface area contributed by atoms with Gasteiger partial charge in [0.2, 0.25) is 0 Å². The van der Waals surface area contributed by atoms with Crippen molar-refractivity contribution >= 4 is 0 Å². The van der Waals surface area contributed by atoms with Crippen LogP contribution in [0.25, 0.3) is 0 Å². The molecule has 16 heavy (non-hydrogen) atoms. The lowest BCUT2D eigenvalue weighted by atomic mass is 10.3. The number of nitrogens with one attached hydrogen (secondary N) is 1. The number of nitrogens with zero attached hydrogens (tertiary/aromatic N) is 4. The molecule has 0 bridgehead atoms. The molecule has 5 nitrogen and oxygen atoms in total. The zero-order chi connectivity index (χ0) is 11.4. The van der Waals surface area contributed by atoms with E-state index in [1.807, 2.05) is 30.3 Å². The van der Waals surface area contributed by atoms with Crippen LogP contribution in [0.4, 0.5) is 0 Å². The summed E-state index contributed by atoms with van der Waals surface area (Å²) in [6.45, 7) is 4.73. The minimum atomic E-state index is 0.778. The first-order valence-electron chi connectivity index (χ1n) is 5.47. The Hall–Kier alpha value is -1.62. The van der Waals surface area contributed by atoms with Crippen LogP contribution in [0, 0.1) is 0 Å². The van der Waals surface area contributed by atoms with Crippen LogP contribution in [0.15, 0.2) is 24.8 Å². The highest BCUT2D eigenvalue weighted by Gasteiger charge is 2.00. The van der Waals surface area contributed by atoms with Gasteiger partial charge < -0.3 is 5.32 Å². The van der Waals surface area contributed by atoms with Crippen LogP contribution in [0.5, 0.6) is 0 Å². The molecule has 0 aromatic carbocycles. The maximum atomic E-state index is 4.31. The molecule has 0 saturated heterocycles. The van der Waals surface area contributed by atoms with Crippen molar-refractivity contribution in [3.63, 3.8) is 0 Å². The Labute approximate surface area is 95.1 Å². The molecule has 0 saturated carbocycles. The van der Waals surface area contributed by atoms with E-state index in [4.69, 9.17) is 0 Å². The van der Waals surface area contributed by atoms with E-state index in [1.54, 1.807) is 4.68 Å². The molecule has 2 rings (SSSR count). The Kier molecular flexibility index (Phi) is 3.36. The van der Waals surface area contributed by atoms with Crippen molar-refractivity contribution < 1.29 is 0 Å². The molecule has 2 heterocycles. The van der Waals surface area contributed by atoms with Crippen molar-refractivity contribution in [2.24, 2.45) is 7.05 Å². The zero-order valence-electron chi connectivity index (χ0n) is 9.72. The van der Waals surface area contributed by atoms with Crippen LogP contribution in [-0.2, 0) is 20.1 Å². The van der Waals surface area contributed by atoms with Gasteiger partial charge in [-0.3, -0.25) is 9.36 Å². The molecular formula is C11H17N5. The summed E-state index contributed by atoms with van der Waals surface area (Å²) >= 11 is 0. The summed E-state index contributed by atoms with van der Waals surface area (Å²) in [7, 11) is 1.92. The topological polar surface area (TPSA) is 47.7 Å². The van der Waals surface area contributed by atoms with Crippen LogP contribution in [0.2, 0.25) is 0 Å². The van der Waals surface area contributed by atoms with E-state index in [-0.39, 0.29) is 0 Å². The van der Waals surface area contributed by atoms with E-state index < -0.39 is 0 Å². The van der Waals surface area contributed by atoms with Crippen molar-refractivity contribution in [1.82, 2.24) is 24.9 Å². The highest BCUT2D eigenvalue weighted by atomic mass is 15.3. The standard InChI is InChI=1S/C11H17N5/c1-3-12-4-10-5-14-16(8-10)9-11-6-13-15(2)7-11/h5-8,12H,3-4,9H2,1-2H3. The first-order chi connectivity index (χ1) is 7.78. The summed E-state index contributed by atoms with van der Waals surface area (Å²) in [5, 5.41) is 11.7. The van der Waals surface area contributed by atoms with Crippen molar-refractivity contribution in [3.8, 4) is 0 Å². The molecule has 0 amide bonds. The molecule has 1 N–H and O–H groups in total. The lowest BCUT2D eigenvalue weighted by Crippen LogP contribution is -2.11. The minimum absolute atomic E-state index is 0.778. The second-order valence-electron chi connectivity index (χ2n) is 3.85. The second-order valence-corrected chi connectivity index (χ2v) is 3.85. The smallest absolute Gasteiger partial charge is 0.0690 e. The average Bonchev–Trinajstić information content (AvgIpc) is 2.86. The van der Waals surface area contributed by atoms with E-state index in [1.165, 1.54) is 11.1 Å².